The van der Waals surface area contributed by atoms with E-state index in [0.717, 1.165) is 0 Å². The van der Waals surface area contributed by atoms with Crippen molar-refractivity contribution in [1.29, 1.82) is 0 Å². The van der Waals surface area contributed by atoms with E-state index in [9.17, 15) is 8.76 Å². The molecule has 0 spiro atoms. The zero-order valence-corrected chi connectivity index (χ0v) is 5.06. The monoisotopic (exact) mass is 138 g/mol. The quantitative estimate of drug-likeness (QED) is 0.450. The predicted octanol–water partition coefficient (Wildman–Crippen LogP) is -1.81. The summed E-state index contributed by atoms with van der Waals surface area (Å²) in [5.74, 6) is -0.170. The molecule has 0 aromatic heterocycles. The highest BCUT2D eigenvalue weighted by Crippen LogP contribution is 1.78. The Morgan fingerprint density at radius 3 is 2.50 bits per heavy atom. The van der Waals surface area contributed by atoms with Crippen molar-refractivity contribution in [3.05, 3.63) is 0 Å². The van der Waals surface area contributed by atoms with Crippen molar-refractivity contribution < 1.29 is 13.9 Å². The molecule has 0 rings (SSSR count). The minimum absolute atomic E-state index is 0.170. The lowest BCUT2D eigenvalue weighted by molar-refractivity contribution is 0.274. The first-order chi connectivity index (χ1) is 3.66. The minimum atomic E-state index is -2.13. The van der Waals surface area contributed by atoms with Crippen LogP contribution in [0.4, 0.5) is 0 Å². The molecule has 0 aliphatic heterocycles. The molecule has 0 aliphatic carbocycles. The maximum atomic E-state index is 9.78. The van der Waals surface area contributed by atoms with E-state index in [-0.39, 0.29) is 12.4 Å². The van der Waals surface area contributed by atoms with Gasteiger partial charge in [-0.3, -0.25) is 4.21 Å². The molecule has 4 nitrogen and oxygen atoms in total. The third kappa shape index (κ3) is 4.20. The van der Waals surface area contributed by atoms with Crippen molar-refractivity contribution in [2.75, 3.05) is 12.4 Å². The van der Waals surface area contributed by atoms with Gasteiger partial charge in [-0.2, -0.15) is 0 Å². The highest BCUT2D eigenvalue weighted by atomic mass is 32.2. The normalized spacial score (nSPS) is 17.9. The highest BCUT2D eigenvalue weighted by Gasteiger charge is 1.97. The zero-order valence-electron chi connectivity index (χ0n) is 4.24. The van der Waals surface area contributed by atoms with Gasteiger partial charge in [0.2, 0.25) is 0 Å². The van der Waals surface area contributed by atoms with Gasteiger partial charge >= 0.3 is 0 Å². The topological polar surface area (TPSA) is 86.4 Å². The van der Waals surface area contributed by atoms with Gasteiger partial charge in [0.15, 0.2) is 0 Å². The lowest BCUT2D eigenvalue weighted by Crippen LogP contribution is -2.30. The first-order valence-electron chi connectivity index (χ1n) is 2.09. The van der Waals surface area contributed by atoms with Crippen molar-refractivity contribution in [1.82, 2.24) is 0 Å². The third-order valence-electron chi connectivity index (χ3n) is 0.585. The van der Waals surface area contributed by atoms with Crippen LogP contribution in [0.3, 0.4) is 0 Å². The van der Waals surface area contributed by atoms with Gasteiger partial charge < -0.3 is 15.4 Å². The zero-order chi connectivity index (χ0) is 6.57. The molecule has 0 heterocycles. The molecule has 0 saturated carbocycles. The van der Waals surface area contributed by atoms with Crippen molar-refractivity contribution in [2.24, 2.45) is 5.73 Å². The van der Waals surface area contributed by atoms with Crippen molar-refractivity contribution in [3.8, 4) is 0 Å². The van der Waals surface area contributed by atoms with Gasteiger partial charge in [-0.05, 0) is 0 Å². The Kier molecular flexibility index (Phi) is 3.98. The summed E-state index contributed by atoms with van der Waals surface area (Å²) in [4.78, 5) is 0. The van der Waals surface area contributed by atoms with E-state index < -0.39 is 17.1 Å². The van der Waals surface area contributed by atoms with E-state index in [0.29, 0.717) is 0 Å². The second-order valence-corrected chi connectivity index (χ2v) is 2.35. The Labute approximate surface area is 50.0 Å². The number of nitrogens with two attached hydrogens (primary N) is 1. The highest BCUT2D eigenvalue weighted by molar-refractivity contribution is 7.79. The van der Waals surface area contributed by atoms with E-state index in [2.05, 4.69) is 0 Å². The van der Waals surface area contributed by atoms with Crippen LogP contribution in [0.1, 0.15) is 0 Å². The third-order valence-corrected chi connectivity index (χ3v) is 1.28. The molecule has 5 heteroatoms. The van der Waals surface area contributed by atoms with Crippen LogP contribution in [0, 0.1) is 0 Å². The van der Waals surface area contributed by atoms with Gasteiger partial charge in [-0.15, -0.1) is 0 Å². The molecule has 0 saturated heterocycles. The summed E-state index contributed by atoms with van der Waals surface area (Å²) < 4.78 is 19.6. The van der Waals surface area contributed by atoms with E-state index in [1.54, 1.807) is 0 Å². The van der Waals surface area contributed by atoms with Crippen LogP contribution in [0.2, 0.25) is 0 Å². The minimum Gasteiger partial charge on any atom is -0.772 e. The first-order valence-corrected chi connectivity index (χ1v) is 3.33. The van der Waals surface area contributed by atoms with Gasteiger partial charge in [0.25, 0.3) is 0 Å². The van der Waals surface area contributed by atoms with E-state index in [1.165, 1.54) is 0 Å². The van der Waals surface area contributed by atoms with Crippen molar-refractivity contribution in [3.63, 3.8) is 0 Å². The summed E-state index contributed by atoms with van der Waals surface area (Å²) in [6, 6.07) is -0.631. The van der Waals surface area contributed by atoms with Crippen LogP contribution in [-0.4, -0.2) is 32.3 Å². The molecule has 0 bridgehead atoms. The molecular formula is C3H8NO3S-. The molecule has 1 unspecified atom stereocenters. The Hall–Kier alpha value is 0.0300. The molecule has 0 aromatic carbocycles. The molecule has 3 N–H and O–H groups in total. The van der Waals surface area contributed by atoms with Gasteiger partial charge in [0.1, 0.15) is 0 Å². The number of aliphatic hydroxyl groups is 1. The van der Waals surface area contributed by atoms with Crippen molar-refractivity contribution in [2.45, 2.75) is 6.04 Å². The second kappa shape index (κ2) is 3.96. The van der Waals surface area contributed by atoms with E-state index in [1.807, 2.05) is 0 Å². The van der Waals surface area contributed by atoms with Gasteiger partial charge in [0.05, 0.1) is 6.61 Å². The van der Waals surface area contributed by atoms with Crippen LogP contribution >= 0.6 is 0 Å². The van der Waals surface area contributed by atoms with Crippen LogP contribution in [0.5, 0.6) is 0 Å². The van der Waals surface area contributed by atoms with Gasteiger partial charge in [-0.1, -0.05) is 11.1 Å². The average molecular weight is 138 g/mol. The smallest absolute Gasteiger partial charge is 0.0591 e. The fourth-order valence-corrected chi connectivity index (χ4v) is 0.682. The summed E-state index contributed by atoms with van der Waals surface area (Å²) in [5.41, 5.74) is 5.03. The average Bonchev–Trinajstić information content (AvgIpc) is 1.65. The second-order valence-electron chi connectivity index (χ2n) is 1.41. The molecule has 50 valence electrons. The van der Waals surface area contributed by atoms with Crippen LogP contribution in [0.25, 0.3) is 0 Å². The maximum Gasteiger partial charge on any atom is 0.0591 e. The summed E-state index contributed by atoms with van der Waals surface area (Å²) in [7, 11) is 0. The van der Waals surface area contributed by atoms with Gasteiger partial charge in [-0.25, -0.2) is 0 Å². The summed E-state index contributed by atoms with van der Waals surface area (Å²) in [6.07, 6.45) is 0. The molecular weight excluding hydrogens is 130 g/mol. The van der Waals surface area contributed by atoms with Crippen LogP contribution in [-0.2, 0) is 11.1 Å². The predicted molar refractivity (Wildman–Crippen MR) is 28.8 cm³/mol. The van der Waals surface area contributed by atoms with Crippen molar-refractivity contribution >= 4 is 11.1 Å². The molecule has 2 atom stereocenters. The fourth-order valence-electron chi connectivity index (χ4n) is 0.227. The fraction of sp³-hybridized carbons (Fsp3) is 1.00. The summed E-state index contributed by atoms with van der Waals surface area (Å²) in [5, 5.41) is 8.19. The molecule has 0 fully saturated rings. The Morgan fingerprint density at radius 1 is 1.88 bits per heavy atom. The number of hydrogen-bond acceptors (Lipinski definition) is 4. The standard InChI is InChI=1S/C3H9NO3S/c4-3(1-5)2-8(6)7/h3,5H,1-2,4H2,(H,6,7)/p-1/t3-/m1/s1. The molecule has 0 radical (unpaired) electrons. The lowest BCUT2D eigenvalue weighted by atomic mass is 10.4. The van der Waals surface area contributed by atoms with Crippen LogP contribution < -0.4 is 5.73 Å². The number of aliphatic hydroxyl groups excluding tert-OH is 1. The summed E-state index contributed by atoms with van der Waals surface area (Å²) >= 11 is -2.13. The molecule has 8 heavy (non-hydrogen) atoms. The SMILES string of the molecule is N[C@H](CO)CS(=O)[O-]. The maximum absolute atomic E-state index is 9.78. The summed E-state index contributed by atoms with van der Waals surface area (Å²) in [6.45, 7) is -0.284. The van der Waals surface area contributed by atoms with Gasteiger partial charge in [0, 0.05) is 11.8 Å². The van der Waals surface area contributed by atoms with E-state index in [4.69, 9.17) is 10.8 Å². The molecule has 0 amide bonds. The molecule has 0 aromatic rings. The Bertz CT molecular complexity index is 86.6. The van der Waals surface area contributed by atoms with Crippen LogP contribution in [0.15, 0.2) is 0 Å². The largest absolute Gasteiger partial charge is 0.772 e. The Morgan fingerprint density at radius 2 is 2.38 bits per heavy atom. The molecule has 0 aliphatic rings. The lowest BCUT2D eigenvalue weighted by Gasteiger charge is -2.08. The number of rotatable bonds is 3. The first kappa shape index (κ1) is 8.03. The number of hydrogen-bond donors (Lipinski definition) is 2. The van der Waals surface area contributed by atoms with E-state index >= 15 is 0 Å². The Balaban J connectivity index is 3.24.